The monoisotopic (exact) mass is 122 g/mol. The van der Waals surface area contributed by atoms with E-state index in [9.17, 15) is 0 Å². The highest BCUT2D eigenvalue weighted by molar-refractivity contribution is 5.30. The molecule has 1 nitrogen and oxygen atoms in total. The van der Waals surface area contributed by atoms with Crippen LogP contribution in [0.4, 0.5) is 0 Å². The first-order chi connectivity index (χ1) is 4.40. The average molecular weight is 122 g/mol. The lowest BCUT2D eigenvalue weighted by molar-refractivity contribution is 0.322. The third-order valence-corrected chi connectivity index (χ3v) is 2.20. The van der Waals surface area contributed by atoms with E-state index in [2.05, 4.69) is 18.2 Å². The van der Waals surface area contributed by atoms with Crippen LogP contribution in [0.15, 0.2) is 23.8 Å². The normalized spacial score (nSPS) is 37.7. The van der Waals surface area contributed by atoms with Gasteiger partial charge in [-0.3, -0.25) is 0 Å². The largest absolute Gasteiger partial charge is 0.392 e. The molecule has 0 spiro atoms. The number of allylic oxidation sites excluding steroid dienone is 3. The summed E-state index contributed by atoms with van der Waals surface area (Å²) in [7, 11) is 0. The predicted molar refractivity (Wildman–Crippen MR) is 35.9 cm³/mol. The highest BCUT2D eigenvalue weighted by Crippen LogP contribution is 2.37. The second kappa shape index (κ2) is 1.71. The summed E-state index contributed by atoms with van der Waals surface area (Å²) < 4.78 is 0. The van der Waals surface area contributed by atoms with Gasteiger partial charge in [-0.1, -0.05) is 18.2 Å². The number of hydrogen-bond donors (Lipinski definition) is 1. The highest BCUT2D eigenvalue weighted by Gasteiger charge is 2.26. The van der Waals surface area contributed by atoms with Gasteiger partial charge in [0.05, 0.1) is 6.61 Å². The minimum atomic E-state index is 0.255. The molecule has 0 radical (unpaired) electrons. The van der Waals surface area contributed by atoms with Crippen LogP contribution in [0.25, 0.3) is 0 Å². The summed E-state index contributed by atoms with van der Waals surface area (Å²) in [4.78, 5) is 0. The van der Waals surface area contributed by atoms with E-state index in [4.69, 9.17) is 5.11 Å². The zero-order valence-electron chi connectivity index (χ0n) is 5.25. The molecule has 2 aliphatic carbocycles. The van der Waals surface area contributed by atoms with E-state index >= 15 is 0 Å². The Morgan fingerprint density at radius 3 is 2.78 bits per heavy atom. The molecule has 0 aliphatic heterocycles. The molecule has 2 bridgehead atoms. The van der Waals surface area contributed by atoms with E-state index in [1.807, 2.05) is 0 Å². The molecule has 0 heterocycles. The molecule has 2 rings (SSSR count). The van der Waals surface area contributed by atoms with Crippen LogP contribution in [-0.4, -0.2) is 11.7 Å². The first kappa shape index (κ1) is 5.24. The van der Waals surface area contributed by atoms with Crippen molar-refractivity contribution in [3.63, 3.8) is 0 Å². The summed E-state index contributed by atoms with van der Waals surface area (Å²) in [6.45, 7) is 0.255. The minimum absolute atomic E-state index is 0.255. The Kier molecular flexibility index (Phi) is 0.995. The van der Waals surface area contributed by atoms with E-state index in [0.717, 1.165) is 0 Å². The van der Waals surface area contributed by atoms with Gasteiger partial charge in [-0.15, -0.1) is 0 Å². The molecule has 1 N–H and O–H groups in total. The summed E-state index contributed by atoms with van der Waals surface area (Å²) in [6.07, 6.45) is 7.83. The molecular weight excluding hydrogens is 112 g/mol. The molecule has 2 unspecified atom stereocenters. The van der Waals surface area contributed by atoms with Crippen LogP contribution in [0, 0.1) is 11.8 Å². The van der Waals surface area contributed by atoms with Crippen molar-refractivity contribution in [3.8, 4) is 0 Å². The molecule has 2 atom stereocenters. The van der Waals surface area contributed by atoms with Gasteiger partial charge in [-0.25, -0.2) is 0 Å². The Morgan fingerprint density at radius 1 is 1.56 bits per heavy atom. The van der Waals surface area contributed by atoms with Crippen molar-refractivity contribution >= 4 is 0 Å². The van der Waals surface area contributed by atoms with E-state index < -0.39 is 0 Å². The van der Waals surface area contributed by atoms with Crippen LogP contribution in [0.3, 0.4) is 0 Å². The van der Waals surface area contributed by atoms with Crippen molar-refractivity contribution < 1.29 is 5.11 Å². The number of aliphatic hydroxyl groups excluding tert-OH is 1. The van der Waals surface area contributed by atoms with E-state index in [1.54, 1.807) is 0 Å². The van der Waals surface area contributed by atoms with Crippen molar-refractivity contribution in [1.29, 1.82) is 0 Å². The molecule has 0 aromatic heterocycles. The molecule has 0 amide bonds. The second-order valence-electron chi connectivity index (χ2n) is 2.79. The lowest BCUT2D eigenvalue weighted by atomic mass is 10.0. The molecule has 0 aromatic carbocycles. The van der Waals surface area contributed by atoms with Crippen LogP contribution in [-0.2, 0) is 0 Å². The average Bonchev–Trinajstić information content (AvgIpc) is 2.45. The molecule has 0 aromatic rings. The minimum Gasteiger partial charge on any atom is -0.392 e. The Hall–Kier alpha value is -0.560. The van der Waals surface area contributed by atoms with Crippen LogP contribution in [0.1, 0.15) is 6.42 Å². The van der Waals surface area contributed by atoms with Crippen molar-refractivity contribution in [2.24, 2.45) is 11.8 Å². The zero-order valence-corrected chi connectivity index (χ0v) is 5.25. The smallest absolute Gasteiger partial charge is 0.0647 e. The highest BCUT2D eigenvalue weighted by atomic mass is 16.3. The van der Waals surface area contributed by atoms with E-state index in [1.165, 1.54) is 12.0 Å². The fraction of sp³-hybridized carbons (Fsp3) is 0.500. The van der Waals surface area contributed by atoms with Gasteiger partial charge < -0.3 is 5.11 Å². The van der Waals surface area contributed by atoms with Gasteiger partial charge in [-0.05, 0) is 17.9 Å². The molecule has 0 fully saturated rings. The van der Waals surface area contributed by atoms with Gasteiger partial charge >= 0.3 is 0 Å². The summed E-state index contributed by atoms with van der Waals surface area (Å²) in [5.74, 6) is 1.23. The molecule has 0 saturated carbocycles. The zero-order chi connectivity index (χ0) is 6.27. The molecule has 1 heteroatoms. The fourth-order valence-corrected chi connectivity index (χ4v) is 1.69. The maximum absolute atomic E-state index is 8.79. The number of fused-ring (bicyclic) bond motifs is 2. The summed E-state index contributed by atoms with van der Waals surface area (Å²) in [5.41, 5.74) is 1.22. The lowest BCUT2D eigenvalue weighted by Gasteiger charge is -2.03. The summed E-state index contributed by atoms with van der Waals surface area (Å²) >= 11 is 0. The topological polar surface area (TPSA) is 20.2 Å². The van der Waals surface area contributed by atoms with Gasteiger partial charge in [-0.2, -0.15) is 0 Å². The molecular formula is C8H10O. The molecule has 0 saturated heterocycles. The first-order valence-electron chi connectivity index (χ1n) is 3.40. The van der Waals surface area contributed by atoms with E-state index in [-0.39, 0.29) is 6.61 Å². The third kappa shape index (κ3) is 0.648. The van der Waals surface area contributed by atoms with E-state index in [0.29, 0.717) is 11.8 Å². The third-order valence-electron chi connectivity index (χ3n) is 2.20. The van der Waals surface area contributed by atoms with Crippen molar-refractivity contribution in [2.75, 3.05) is 6.61 Å². The number of aliphatic hydroxyl groups is 1. The van der Waals surface area contributed by atoms with Gasteiger partial charge in [0.2, 0.25) is 0 Å². The fourth-order valence-electron chi connectivity index (χ4n) is 1.69. The molecule has 9 heavy (non-hydrogen) atoms. The quantitative estimate of drug-likeness (QED) is 0.516. The Morgan fingerprint density at radius 2 is 2.44 bits per heavy atom. The predicted octanol–water partition coefficient (Wildman–Crippen LogP) is 1.11. The second-order valence-corrected chi connectivity index (χ2v) is 2.79. The van der Waals surface area contributed by atoms with Crippen molar-refractivity contribution in [1.82, 2.24) is 0 Å². The Bertz CT molecular complexity index is 179. The van der Waals surface area contributed by atoms with Crippen LogP contribution >= 0.6 is 0 Å². The van der Waals surface area contributed by atoms with Gasteiger partial charge in [0.25, 0.3) is 0 Å². The maximum atomic E-state index is 8.79. The van der Waals surface area contributed by atoms with Gasteiger partial charge in [0, 0.05) is 5.92 Å². The SMILES string of the molecule is OCC1=CC2C=CC1C2. The van der Waals surface area contributed by atoms with Crippen molar-refractivity contribution in [2.45, 2.75) is 6.42 Å². The van der Waals surface area contributed by atoms with Gasteiger partial charge in [0.1, 0.15) is 0 Å². The molecule has 48 valence electrons. The first-order valence-corrected chi connectivity index (χ1v) is 3.40. The number of rotatable bonds is 1. The maximum Gasteiger partial charge on any atom is 0.0647 e. The lowest BCUT2D eigenvalue weighted by Crippen LogP contribution is -1.97. The Balaban J connectivity index is 2.22. The van der Waals surface area contributed by atoms with Crippen molar-refractivity contribution in [3.05, 3.63) is 23.8 Å². The summed E-state index contributed by atoms with van der Waals surface area (Å²) in [5, 5.41) is 8.79. The van der Waals surface area contributed by atoms with Gasteiger partial charge in [0.15, 0.2) is 0 Å². The van der Waals surface area contributed by atoms with Crippen LogP contribution < -0.4 is 0 Å². The Labute approximate surface area is 54.7 Å². The summed E-state index contributed by atoms with van der Waals surface area (Å²) in [6, 6.07) is 0. The van der Waals surface area contributed by atoms with Crippen LogP contribution in [0.2, 0.25) is 0 Å². The number of hydrogen-bond acceptors (Lipinski definition) is 1. The standard InChI is InChI=1S/C8H10O/c9-5-8-4-6-1-2-7(8)3-6/h1-2,4,6-7,9H,3,5H2. The molecule has 2 aliphatic rings. The van der Waals surface area contributed by atoms with Crippen LogP contribution in [0.5, 0.6) is 0 Å².